The summed E-state index contributed by atoms with van der Waals surface area (Å²) in [6.07, 6.45) is 5.66. The first-order chi connectivity index (χ1) is 7.47. The van der Waals surface area contributed by atoms with E-state index in [1.54, 1.807) is 9.75 Å². The third-order valence-corrected chi connectivity index (χ3v) is 5.46. The predicted octanol–water partition coefficient (Wildman–Crippen LogP) is 5.34. The molecule has 0 nitrogen and oxygen atoms in total. The Labute approximate surface area is 104 Å². The van der Waals surface area contributed by atoms with Crippen molar-refractivity contribution in [2.24, 2.45) is 5.92 Å². The van der Waals surface area contributed by atoms with Gasteiger partial charge in [0.2, 0.25) is 0 Å². The summed E-state index contributed by atoms with van der Waals surface area (Å²) in [5.41, 5.74) is 0.324. The van der Waals surface area contributed by atoms with Gasteiger partial charge in [0.1, 0.15) is 0 Å². The molecule has 0 atom stereocenters. The molecule has 0 aliphatic heterocycles. The predicted molar refractivity (Wildman–Crippen MR) is 73.4 cm³/mol. The average Bonchev–Trinajstić information content (AvgIpc) is 2.67. The van der Waals surface area contributed by atoms with Crippen molar-refractivity contribution in [2.45, 2.75) is 64.7 Å². The maximum atomic E-state index is 2.39. The monoisotopic (exact) mass is 236 g/mol. The maximum Gasteiger partial charge on any atom is 0.0102 e. The van der Waals surface area contributed by atoms with Crippen molar-refractivity contribution in [3.05, 3.63) is 21.9 Å². The molecule has 1 aromatic rings. The molecule has 1 saturated carbocycles. The van der Waals surface area contributed by atoms with Crippen molar-refractivity contribution >= 4 is 11.3 Å². The van der Waals surface area contributed by atoms with Crippen molar-refractivity contribution in [3.63, 3.8) is 0 Å². The van der Waals surface area contributed by atoms with Gasteiger partial charge in [0.05, 0.1) is 0 Å². The Hall–Kier alpha value is -0.300. The molecule has 2 rings (SSSR count). The van der Waals surface area contributed by atoms with Gasteiger partial charge < -0.3 is 0 Å². The molecular formula is C15H24S. The first-order valence-corrected chi connectivity index (χ1v) is 7.38. The van der Waals surface area contributed by atoms with Gasteiger partial charge in [0.15, 0.2) is 0 Å². The van der Waals surface area contributed by atoms with Crippen LogP contribution in [0.5, 0.6) is 0 Å². The molecule has 0 spiro atoms. The fourth-order valence-electron chi connectivity index (χ4n) is 2.52. The zero-order valence-corrected chi connectivity index (χ0v) is 11.9. The van der Waals surface area contributed by atoms with Gasteiger partial charge in [-0.05, 0) is 42.2 Å². The molecule has 0 saturated heterocycles. The van der Waals surface area contributed by atoms with Crippen molar-refractivity contribution < 1.29 is 0 Å². The fourth-order valence-corrected chi connectivity index (χ4v) is 3.75. The zero-order valence-electron chi connectivity index (χ0n) is 11.0. The van der Waals surface area contributed by atoms with Crippen LogP contribution >= 0.6 is 11.3 Å². The molecule has 0 amide bonds. The van der Waals surface area contributed by atoms with Gasteiger partial charge in [0.25, 0.3) is 0 Å². The summed E-state index contributed by atoms with van der Waals surface area (Å²) in [7, 11) is 0. The Morgan fingerprint density at radius 3 is 2.19 bits per heavy atom. The quantitative estimate of drug-likeness (QED) is 0.617. The SMILES string of the molecule is CC(C)(C)c1ccc([C@H]2CC[C@H](C)CC2)s1. The molecule has 1 aliphatic carbocycles. The second kappa shape index (κ2) is 4.52. The van der Waals surface area contributed by atoms with Crippen LogP contribution in [0.3, 0.4) is 0 Å². The maximum absolute atomic E-state index is 2.39. The Morgan fingerprint density at radius 1 is 1.06 bits per heavy atom. The van der Waals surface area contributed by atoms with E-state index in [2.05, 4.69) is 39.8 Å². The van der Waals surface area contributed by atoms with Crippen LogP contribution in [0.2, 0.25) is 0 Å². The summed E-state index contributed by atoms with van der Waals surface area (Å²) in [5.74, 6) is 1.82. The van der Waals surface area contributed by atoms with Gasteiger partial charge in [-0.2, -0.15) is 0 Å². The minimum Gasteiger partial charge on any atom is -0.145 e. The molecule has 0 N–H and O–H groups in total. The molecule has 1 heterocycles. The summed E-state index contributed by atoms with van der Waals surface area (Å²) in [4.78, 5) is 3.18. The van der Waals surface area contributed by atoms with Crippen LogP contribution in [0, 0.1) is 5.92 Å². The number of rotatable bonds is 1. The van der Waals surface area contributed by atoms with E-state index in [0.717, 1.165) is 11.8 Å². The summed E-state index contributed by atoms with van der Waals surface area (Å²) >= 11 is 2.05. The first-order valence-electron chi connectivity index (χ1n) is 6.57. The van der Waals surface area contributed by atoms with Crippen LogP contribution in [0.4, 0.5) is 0 Å². The van der Waals surface area contributed by atoms with E-state index in [-0.39, 0.29) is 0 Å². The molecule has 0 radical (unpaired) electrons. The van der Waals surface area contributed by atoms with Gasteiger partial charge in [0, 0.05) is 9.75 Å². The summed E-state index contributed by atoms with van der Waals surface area (Å²) < 4.78 is 0. The van der Waals surface area contributed by atoms with E-state index >= 15 is 0 Å². The minimum absolute atomic E-state index is 0.324. The van der Waals surface area contributed by atoms with Crippen LogP contribution in [0.15, 0.2) is 12.1 Å². The van der Waals surface area contributed by atoms with Crippen molar-refractivity contribution in [2.75, 3.05) is 0 Å². The first kappa shape index (κ1) is 12.2. The van der Waals surface area contributed by atoms with E-state index < -0.39 is 0 Å². The smallest absolute Gasteiger partial charge is 0.0102 e. The van der Waals surface area contributed by atoms with E-state index in [4.69, 9.17) is 0 Å². The number of hydrogen-bond acceptors (Lipinski definition) is 1. The Balaban J connectivity index is 2.08. The second-order valence-electron chi connectivity index (χ2n) is 6.41. The van der Waals surface area contributed by atoms with Crippen molar-refractivity contribution in [1.29, 1.82) is 0 Å². The molecular weight excluding hydrogens is 212 g/mol. The highest BCUT2D eigenvalue weighted by atomic mass is 32.1. The second-order valence-corrected chi connectivity index (χ2v) is 7.52. The lowest BCUT2D eigenvalue weighted by Gasteiger charge is -2.25. The van der Waals surface area contributed by atoms with Crippen LogP contribution < -0.4 is 0 Å². The van der Waals surface area contributed by atoms with E-state index in [0.29, 0.717) is 5.41 Å². The Kier molecular flexibility index (Phi) is 3.44. The summed E-state index contributed by atoms with van der Waals surface area (Å²) in [5, 5.41) is 0. The highest BCUT2D eigenvalue weighted by Gasteiger charge is 2.23. The molecule has 16 heavy (non-hydrogen) atoms. The molecule has 1 heteroatoms. The van der Waals surface area contributed by atoms with Gasteiger partial charge in [-0.1, -0.05) is 40.5 Å². The molecule has 0 bridgehead atoms. The van der Waals surface area contributed by atoms with Gasteiger partial charge in [-0.15, -0.1) is 11.3 Å². The van der Waals surface area contributed by atoms with E-state index in [9.17, 15) is 0 Å². The zero-order chi connectivity index (χ0) is 11.8. The molecule has 90 valence electrons. The van der Waals surface area contributed by atoms with Crippen LogP contribution in [-0.4, -0.2) is 0 Å². The van der Waals surface area contributed by atoms with Crippen LogP contribution in [-0.2, 0) is 5.41 Å². The standard InChI is InChI=1S/C15H24S/c1-11-5-7-12(8-6-11)13-9-10-14(16-13)15(2,3)4/h9-12H,5-8H2,1-4H3/t11-,12-. The molecule has 1 fully saturated rings. The Morgan fingerprint density at radius 2 is 1.69 bits per heavy atom. The lowest BCUT2D eigenvalue weighted by Crippen LogP contribution is -2.10. The topological polar surface area (TPSA) is 0 Å². The van der Waals surface area contributed by atoms with E-state index in [1.165, 1.54) is 25.7 Å². The van der Waals surface area contributed by atoms with Crippen LogP contribution in [0.1, 0.15) is 69.1 Å². The number of hydrogen-bond donors (Lipinski definition) is 0. The van der Waals surface area contributed by atoms with Crippen LogP contribution in [0.25, 0.3) is 0 Å². The minimum atomic E-state index is 0.324. The lowest BCUT2D eigenvalue weighted by molar-refractivity contribution is 0.350. The Bertz CT molecular complexity index is 335. The fraction of sp³-hybridized carbons (Fsp3) is 0.733. The largest absolute Gasteiger partial charge is 0.145 e. The highest BCUT2D eigenvalue weighted by molar-refractivity contribution is 7.12. The molecule has 1 aromatic heterocycles. The average molecular weight is 236 g/mol. The number of thiophene rings is 1. The van der Waals surface area contributed by atoms with Crippen molar-refractivity contribution in [3.8, 4) is 0 Å². The van der Waals surface area contributed by atoms with Crippen molar-refractivity contribution in [1.82, 2.24) is 0 Å². The molecule has 0 unspecified atom stereocenters. The summed E-state index contributed by atoms with van der Waals surface area (Å²) in [6.45, 7) is 9.33. The lowest BCUT2D eigenvalue weighted by atomic mass is 9.82. The van der Waals surface area contributed by atoms with Gasteiger partial charge in [-0.25, -0.2) is 0 Å². The molecule has 0 aromatic carbocycles. The summed E-state index contributed by atoms with van der Waals surface area (Å²) in [6, 6.07) is 4.73. The third kappa shape index (κ3) is 2.68. The third-order valence-electron chi connectivity index (χ3n) is 3.78. The highest BCUT2D eigenvalue weighted by Crippen LogP contribution is 2.40. The van der Waals surface area contributed by atoms with Gasteiger partial charge >= 0.3 is 0 Å². The molecule has 1 aliphatic rings. The van der Waals surface area contributed by atoms with Gasteiger partial charge in [-0.3, -0.25) is 0 Å². The van der Waals surface area contributed by atoms with E-state index in [1.807, 2.05) is 11.3 Å². The normalized spacial score (nSPS) is 27.0.